The van der Waals surface area contributed by atoms with Crippen molar-refractivity contribution in [2.75, 3.05) is 6.54 Å². The zero-order valence-electron chi connectivity index (χ0n) is 10.4. The SMILES string of the molecule is Cn1cnc(S(=O)(=O)N2CCCC[C@H]2C(N)=O)c1Cl. The van der Waals surface area contributed by atoms with Gasteiger partial charge >= 0.3 is 0 Å². The van der Waals surface area contributed by atoms with Gasteiger partial charge in [0.05, 0.1) is 6.33 Å². The minimum absolute atomic E-state index is 0.0220. The van der Waals surface area contributed by atoms with Crippen LogP contribution in [-0.4, -0.2) is 40.8 Å². The number of carbonyl (C=O) groups is 1. The maximum atomic E-state index is 12.5. The summed E-state index contributed by atoms with van der Waals surface area (Å²) in [4.78, 5) is 15.2. The van der Waals surface area contributed by atoms with Gasteiger partial charge in [-0.05, 0) is 12.8 Å². The highest BCUT2D eigenvalue weighted by atomic mass is 35.5. The average molecular weight is 307 g/mol. The van der Waals surface area contributed by atoms with Gasteiger partial charge in [0.1, 0.15) is 11.2 Å². The van der Waals surface area contributed by atoms with Gasteiger partial charge in [0, 0.05) is 13.6 Å². The Hall–Kier alpha value is -1.12. The molecule has 7 nitrogen and oxygen atoms in total. The Kier molecular flexibility index (Phi) is 3.84. The summed E-state index contributed by atoms with van der Waals surface area (Å²) >= 11 is 5.92. The van der Waals surface area contributed by atoms with E-state index in [0.717, 1.165) is 10.7 Å². The molecule has 0 spiro atoms. The fraction of sp³-hybridized carbons (Fsp3) is 0.600. The number of amides is 1. The highest BCUT2D eigenvalue weighted by Crippen LogP contribution is 2.28. The molecule has 2 N–H and O–H groups in total. The second-order valence-electron chi connectivity index (χ2n) is 4.48. The lowest BCUT2D eigenvalue weighted by Gasteiger charge is -2.31. The largest absolute Gasteiger partial charge is 0.368 e. The predicted molar refractivity (Wildman–Crippen MR) is 68.9 cm³/mol. The lowest BCUT2D eigenvalue weighted by molar-refractivity contribution is -0.122. The van der Waals surface area contributed by atoms with Crippen LogP contribution in [0.4, 0.5) is 0 Å². The van der Waals surface area contributed by atoms with Crippen molar-refractivity contribution >= 4 is 27.5 Å². The number of halogens is 1. The lowest BCUT2D eigenvalue weighted by Crippen LogP contribution is -2.50. The predicted octanol–water partition coefficient (Wildman–Crippen LogP) is 0.102. The summed E-state index contributed by atoms with van der Waals surface area (Å²) in [6, 6.07) is -0.822. The Balaban J connectivity index is 2.43. The van der Waals surface area contributed by atoms with E-state index in [-0.39, 0.29) is 16.7 Å². The quantitative estimate of drug-likeness (QED) is 0.856. The van der Waals surface area contributed by atoms with E-state index in [9.17, 15) is 13.2 Å². The molecule has 0 saturated carbocycles. The third-order valence-electron chi connectivity index (χ3n) is 3.17. The molecule has 1 atom stereocenters. The Morgan fingerprint density at radius 2 is 2.21 bits per heavy atom. The number of sulfonamides is 1. The Labute approximate surface area is 116 Å². The summed E-state index contributed by atoms with van der Waals surface area (Å²) in [6.45, 7) is 0.253. The van der Waals surface area contributed by atoms with Gasteiger partial charge < -0.3 is 10.3 Å². The summed E-state index contributed by atoms with van der Waals surface area (Å²) in [5.41, 5.74) is 5.27. The molecule has 0 bridgehead atoms. The molecule has 0 aliphatic carbocycles. The first-order valence-corrected chi connectivity index (χ1v) is 7.65. The third-order valence-corrected chi connectivity index (χ3v) is 5.57. The number of hydrogen-bond donors (Lipinski definition) is 1. The van der Waals surface area contributed by atoms with Crippen LogP contribution in [0.2, 0.25) is 5.15 Å². The smallest absolute Gasteiger partial charge is 0.264 e. The highest BCUT2D eigenvalue weighted by Gasteiger charge is 2.39. The molecule has 19 heavy (non-hydrogen) atoms. The first-order chi connectivity index (χ1) is 8.85. The number of rotatable bonds is 3. The van der Waals surface area contributed by atoms with Crippen molar-refractivity contribution in [1.29, 1.82) is 0 Å². The summed E-state index contributed by atoms with van der Waals surface area (Å²) < 4.78 is 27.5. The Morgan fingerprint density at radius 1 is 1.53 bits per heavy atom. The van der Waals surface area contributed by atoms with Crippen molar-refractivity contribution in [3.05, 3.63) is 11.5 Å². The van der Waals surface area contributed by atoms with Gasteiger partial charge in [0.25, 0.3) is 10.0 Å². The zero-order valence-corrected chi connectivity index (χ0v) is 12.0. The highest BCUT2D eigenvalue weighted by molar-refractivity contribution is 7.89. The lowest BCUT2D eigenvalue weighted by atomic mass is 10.0. The number of carbonyl (C=O) groups excluding carboxylic acids is 1. The van der Waals surface area contributed by atoms with Gasteiger partial charge in [0.15, 0.2) is 0 Å². The molecular formula is C10H15ClN4O3S. The summed E-state index contributed by atoms with van der Waals surface area (Å²) in [6.07, 6.45) is 3.21. The van der Waals surface area contributed by atoms with Crippen molar-refractivity contribution in [2.24, 2.45) is 12.8 Å². The topological polar surface area (TPSA) is 98.3 Å². The molecule has 106 valence electrons. The molecule has 1 amide bonds. The first-order valence-electron chi connectivity index (χ1n) is 5.83. The molecule has 1 aromatic heterocycles. The third kappa shape index (κ3) is 2.47. The van der Waals surface area contributed by atoms with Crippen molar-refractivity contribution in [3.63, 3.8) is 0 Å². The number of piperidine rings is 1. The second kappa shape index (κ2) is 5.10. The number of imidazole rings is 1. The Morgan fingerprint density at radius 3 is 2.74 bits per heavy atom. The van der Waals surface area contributed by atoms with E-state index in [4.69, 9.17) is 17.3 Å². The van der Waals surface area contributed by atoms with E-state index >= 15 is 0 Å². The van der Waals surface area contributed by atoms with Gasteiger partial charge in [-0.25, -0.2) is 13.4 Å². The standard InChI is InChI=1S/C10H15ClN4O3S/c1-14-6-13-10(8(14)11)19(17,18)15-5-3-2-4-7(15)9(12)16/h6-7H,2-5H2,1H3,(H2,12,16)/t7-/m0/s1. The van der Waals surface area contributed by atoms with Crippen LogP contribution >= 0.6 is 11.6 Å². The second-order valence-corrected chi connectivity index (χ2v) is 6.65. The van der Waals surface area contributed by atoms with E-state index in [1.807, 2.05) is 0 Å². The fourth-order valence-electron chi connectivity index (χ4n) is 2.15. The van der Waals surface area contributed by atoms with Crippen molar-refractivity contribution in [2.45, 2.75) is 30.3 Å². The van der Waals surface area contributed by atoms with Gasteiger partial charge in [-0.1, -0.05) is 18.0 Å². The van der Waals surface area contributed by atoms with Crippen LogP contribution in [0.25, 0.3) is 0 Å². The molecule has 1 aliphatic heterocycles. The zero-order chi connectivity index (χ0) is 14.2. The van der Waals surface area contributed by atoms with Crippen LogP contribution in [0.15, 0.2) is 11.4 Å². The van der Waals surface area contributed by atoms with E-state index in [1.165, 1.54) is 10.9 Å². The van der Waals surface area contributed by atoms with Crippen molar-refractivity contribution in [1.82, 2.24) is 13.9 Å². The van der Waals surface area contributed by atoms with Crippen LogP contribution in [0, 0.1) is 0 Å². The molecule has 0 radical (unpaired) electrons. The number of nitrogens with zero attached hydrogens (tertiary/aromatic N) is 3. The number of primary amides is 1. The van der Waals surface area contributed by atoms with Gasteiger partial charge in [-0.3, -0.25) is 4.79 Å². The molecule has 1 fully saturated rings. The van der Waals surface area contributed by atoms with Crippen LogP contribution in [0.3, 0.4) is 0 Å². The van der Waals surface area contributed by atoms with Gasteiger partial charge in [0.2, 0.25) is 10.9 Å². The molecule has 1 saturated heterocycles. The van der Waals surface area contributed by atoms with Gasteiger partial charge in [-0.15, -0.1) is 0 Å². The minimum Gasteiger partial charge on any atom is -0.368 e. The van der Waals surface area contributed by atoms with Crippen molar-refractivity contribution < 1.29 is 13.2 Å². The molecule has 0 unspecified atom stereocenters. The van der Waals surface area contributed by atoms with Crippen molar-refractivity contribution in [3.8, 4) is 0 Å². The average Bonchev–Trinajstić information content (AvgIpc) is 2.70. The number of aryl methyl sites for hydroxylation is 1. The fourth-order valence-corrected chi connectivity index (χ4v) is 4.21. The molecule has 2 rings (SSSR count). The summed E-state index contributed by atoms with van der Waals surface area (Å²) in [5, 5.41) is -0.210. The molecule has 2 heterocycles. The van der Waals surface area contributed by atoms with E-state index < -0.39 is 22.0 Å². The normalized spacial score (nSPS) is 21.5. The Bertz CT molecular complexity index is 598. The molecule has 9 heteroatoms. The van der Waals surface area contributed by atoms with Crippen LogP contribution in [0.1, 0.15) is 19.3 Å². The van der Waals surface area contributed by atoms with Crippen LogP contribution in [-0.2, 0) is 21.9 Å². The van der Waals surface area contributed by atoms with E-state index in [1.54, 1.807) is 7.05 Å². The monoisotopic (exact) mass is 306 g/mol. The first kappa shape index (κ1) is 14.3. The maximum Gasteiger partial charge on any atom is 0.264 e. The summed E-state index contributed by atoms with van der Waals surface area (Å²) in [7, 11) is -2.30. The minimum atomic E-state index is -3.90. The molecular weight excluding hydrogens is 292 g/mol. The number of hydrogen-bond acceptors (Lipinski definition) is 4. The van der Waals surface area contributed by atoms with Gasteiger partial charge in [-0.2, -0.15) is 4.31 Å². The molecule has 1 aliphatic rings. The van der Waals surface area contributed by atoms with Crippen LogP contribution < -0.4 is 5.73 Å². The maximum absolute atomic E-state index is 12.5. The number of aromatic nitrogens is 2. The van der Waals surface area contributed by atoms with E-state index in [0.29, 0.717) is 12.8 Å². The summed E-state index contributed by atoms with van der Waals surface area (Å²) in [5.74, 6) is -0.643. The van der Waals surface area contributed by atoms with E-state index in [2.05, 4.69) is 4.98 Å². The molecule has 1 aromatic rings. The van der Waals surface area contributed by atoms with Crippen LogP contribution in [0.5, 0.6) is 0 Å². The molecule has 0 aromatic carbocycles. The number of nitrogens with two attached hydrogens (primary N) is 1.